The largest absolute Gasteiger partial charge is 0.364 e. The number of hydrogen-bond acceptors (Lipinski definition) is 9. The van der Waals surface area contributed by atoms with E-state index in [1.807, 2.05) is 18.6 Å². The van der Waals surface area contributed by atoms with Gasteiger partial charge in [-0.25, -0.2) is 9.97 Å². The van der Waals surface area contributed by atoms with Crippen molar-refractivity contribution >= 4 is 28.7 Å². The molecule has 2 saturated heterocycles. The highest BCUT2D eigenvalue weighted by molar-refractivity contribution is 5.84. The number of imidazole rings is 1. The standard InChI is InChI=1S/C25H38N10/c1-17(2)35-16-29-21-22(30-25(31-24(21)35)33-11-7-19(26)8-12-33)28-14-18-6-5-10-27-23(18)34-13-9-20(15-34)32(3)4/h5-6,10,16-17,19-20H,7-9,11-15,26H2,1-4H3,(H,28,30,31)/t20-/m0/s1. The highest BCUT2D eigenvalue weighted by Gasteiger charge is 2.27. The molecule has 10 heteroatoms. The van der Waals surface area contributed by atoms with Crippen molar-refractivity contribution in [3.05, 3.63) is 30.2 Å². The molecule has 5 heterocycles. The highest BCUT2D eigenvalue weighted by atomic mass is 15.3. The van der Waals surface area contributed by atoms with E-state index in [4.69, 9.17) is 20.7 Å². The zero-order chi connectivity index (χ0) is 24.5. The van der Waals surface area contributed by atoms with Gasteiger partial charge in [0.2, 0.25) is 5.95 Å². The fourth-order valence-electron chi connectivity index (χ4n) is 5.03. The molecule has 1 atom stereocenters. The number of piperidine rings is 1. The van der Waals surface area contributed by atoms with Crippen LogP contribution in [0.1, 0.15) is 44.7 Å². The molecule has 2 aliphatic rings. The van der Waals surface area contributed by atoms with Gasteiger partial charge in [-0.3, -0.25) is 0 Å². The Balaban J connectivity index is 1.43. The number of aromatic nitrogens is 5. The molecule has 0 amide bonds. The molecule has 3 N–H and O–H groups in total. The smallest absolute Gasteiger partial charge is 0.229 e. The Bertz CT molecular complexity index is 1150. The molecule has 0 radical (unpaired) electrons. The van der Waals surface area contributed by atoms with Crippen LogP contribution in [0, 0.1) is 0 Å². The second kappa shape index (κ2) is 9.94. The van der Waals surface area contributed by atoms with E-state index in [9.17, 15) is 0 Å². The van der Waals surface area contributed by atoms with Crippen LogP contribution in [0.25, 0.3) is 11.2 Å². The molecule has 2 fully saturated rings. The second-order valence-corrected chi connectivity index (χ2v) is 10.3. The fourth-order valence-corrected chi connectivity index (χ4v) is 5.03. The molecule has 3 aromatic heterocycles. The van der Waals surface area contributed by atoms with Gasteiger partial charge >= 0.3 is 0 Å². The molecule has 2 aliphatic heterocycles. The maximum absolute atomic E-state index is 6.14. The average molecular weight is 479 g/mol. The number of likely N-dealkylation sites (N-methyl/N-ethyl adjacent to an activating group) is 1. The number of nitrogens with one attached hydrogen (secondary N) is 1. The molecule has 35 heavy (non-hydrogen) atoms. The molecule has 0 bridgehead atoms. The lowest BCUT2D eigenvalue weighted by atomic mass is 10.1. The molecule has 0 unspecified atom stereocenters. The average Bonchev–Trinajstić information content (AvgIpc) is 3.51. The van der Waals surface area contributed by atoms with Crippen LogP contribution in [0.2, 0.25) is 0 Å². The summed E-state index contributed by atoms with van der Waals surface area (Å²) in [6.45, 7) is 8.67. The Kier molecular flexibility index (Phi) is 6.75. The Labute approximate surface area is 207 Å². The van der Waals surface area contributed by atoms with Crippen LogP contribution in [0.3, 0.4) is 0 Å². The number of pyridine rings is 1. The third kappa shape index (κ3) is 4.90. The summed E-state index contributed by atoms with van der Waals surface area (Å²) in [6.07, 6.45) is 6.81. The molecule has 3 aromatic rings. The van der Waals surface area contributed by atoms with Gasteiger partial charge in [0.1, 0.15) is 5.82 Å². The minimum atomic E-state index is 0.259. The van der Waals surface area contributed by atoms with Gasteiger partial charge in [0, 0.05) is 62.6 Å². The number of hydrogen-bond donors (Lipinski definition) is 2. The minimum absolute atomic E-state index is 0.259. The van der Waals surface area contributed by atoms with Crippen LogP contribution < -0.4 is 20.9 Å². The number of fused-ring (bicyclic) bond motifs is 1. The molecule has 0 spiro atoms. The first-order valence-electron chi connectivity index (χ1n) is 12.7. The van der Waals surface area contributed by atoms with Gasteiger partial charge < -0.3 is 30.3 Å². The van der Waals surface area contributed by atoms with Gasteiger partial charge in [-0.2, -0.15) is 9.97 Å². The van der Waals surface area contributed by atoms with E-state index in [-0.39, 0.29) is 12.1 Å². The summed E-state index contributed by atoms with van der Waals surface area (Å²) in [6, 6.07) is 5.23. The van der Waals surface area contributed by atoms with Crippen molar-refractivity contribution in [2.75, 3.05) is 55.4 Å². The predicted octanol–water partition coefficient (Wildman–Crippen LogP) is 2.48. The quantitative estimate of drug-likeness (QED) is 0.530. The normalized spacial score (nSPS) is 19.5. The Morgan fingerprint density at radius 1 is 1.09 bits per heavy atom. The van der Waals surface area contributed by atoms with Gasteiger partial charge in [0.05, 0.1) is 6.33 Å². The van der Waals surface area contributed by atoms with Gasteiger partial charge in [0.25, 0.3) is 0 Å². The molecule has 0 aliphatic carbocycles. The number of rotatable bonds is 7. The van der Waals surface area contributed by atoms with Crippen molar-refractivity contribution in [1.29, 1.82) is 0 Å². The third-order valence-electron chi connectivity index (χ3n) is 7.30. The monoisotopic (exact) mass is 478 g/mol. The maximum Gasteiger partial charge on any atom is 0.229 e. The van der Waals surface area contributed by atoms with E-state index in [1.54, 1.807) is 0 Å². The molecule has 188 valence electrons. The summed E-state index contributed by atoms with van der Waals surface area (Å²) >= 11 is 0. The van der Waals surface area contributed by atoms with Crippen LogP contribution >= 0.6 is 0 Å². The van der Waals surface area contributed by atoms with E-state index < -0.39 is 0 Å². The number of anilines is 3. The summed E-state index contributed by atoms with van der Waals surface area (Å²) in [4.78, 5) is 26.3. The first-order chi connectivity index (χ1) is 16.9. The Hall–Kier alpha value is -2.98. The first kappa shape index (κ1) is 23.7. The lowest BCUT2D eigenvalue weighted by Crippen LogP contribution is -2.40. The zero-order valence-electron chi connectivity index (χ0n) is 21.4. The number of nitrogens with zero attached hydrogens (tertiary/aromatic N) is 8. The van der Waals surface area contributed by atoms with Gasteiger partial charge in [-0.05, 0) is 53.3 Å². The summed E-state index contributed by atoms with van der Waals surface area (Å²) in [5.41, 5.74) is 8.96. The fraction of sp³-hybridized carbons (Fsp3) is 0.600. The van der Waals surface area contributed by atoms with Crippen LogP contribution in [-0.2, 0) is 6.54 Å². The van der Waals surface area contributed by atoms with E-state index in [1.165, 1.54) is 0 Å². The van der Waals surface area contributed by atoms with Crippen LogP contribution in [0.5, 0.6) is 0 Å². The molecule has 10 nitrogen and oxygen atoms in total. The van der Waals surface area contributed by atoms with Crippen LogP contribution in [0.15, 0.2) is 24.7 Å². The summed E-state index contributed by atoms with van der Waals surface area (Å²) < 4.78 is 2.11. The first-order valence-corrected chi connectivity index (χ1v) is 12.7. The van der Waals surface area contributed by atoms with Crippen molar-refractivity contribution in [2.45, 2.75) is 57.8 Å². The second-order valence-electron chi connectivity index (χ2n) is 10.3. The van der Waals surface area contributed by atoms with Crippen molar-refractivity contribution in [2.24, 2.45) is 5.73 Å². The Morgan fingerprint density at radius 2 is 1.86 bits per heavy atom. The third-order valence-corrected chi connectivity index (χ3v) is 7.30. The minimum Gasteiger partial charge on any atom is -0.364 e. The predicted molar refractivity (Wildman–Crippen MR) is 141 cm³/mol. The van der Waals surface area contributed by atoms with E-state index >= 15 is 0 Å². The zero-order valence-corrected chi connectivity index (χ0v) is 21.4. The lowest BCUT2D eigenvalue weighted by Gasteiger charge is -2.30. The van der Waals surface area contributed by atoms with Gasteiger partial charge in [-0.1, -0.05) is 6.07 Å². The van der Waals surface area contributed by atoms with Crippen molar-refractivity contribution in [1.82, 2.24) is 29.4 Å². The van der Waals surface area contributed by atoms with Crippen molar-refractivity contribution < 1.29 is 0 Å². The summed E-state index contributed by atoms with van der Waals surface area (Å²) in [7, 11) is 4.30. The topological polar surface area (TPSA) is 104 Å². The Morgan fingerprint density at radius 3 is 2.57 bits per heavy atom. The molecule has 0 saturated carbocycles. The van der Waals surface area contributed by atoms with Crippen LogP contribution in [-0.4, -0.2) is 81.8 Å². The highest BCUT2D eigenvalue weighted by Crippen LogP contribution is 2.28. The van der Waals surface area contributed by atoms with Crippen molar-refractivity contribution in [3.8, 4) is 0 Å². The van der Waals surface area contributed by atoms with E-state index in [0.717, 1.165) is 79.8 Å². The SMILES string of the molecule is CC(C)n1cnc2c(NCc3cccnc3N3CC[C@H](N(C)C)C3)nc(N3CCC(N)CC3)nc21. The van der Waals surface area contributed by atoms with E-state index in [0.29, 0.717) is 12.6 Å². The van der Waals surface area contributed by atoms with Crippen molar-refractivity contribution in [3.63, 3.8) is 0 Å². The summed E-state index contributed by atoms with van der Waals surface area (Å²) in [5, 5.41) is 3.59. The molecular formula is C25H38N10. The molecular weight excluding hydrogens is 440 g/mol. The van der Waals surface area contributed by atoms with Crippen LogP contribution in [0.4, 0.5) is 17.6 Å². The summed E-state index contributed by atoms with van der Waals surface area (Å²) in [5.74, 6) is 2.56. The van der Waals surface area contributed by atoms with E-state index in [2.05, 4.69) is 63.6 Å². The lowest BCUT2D eigenvalue weighted by molar-refractivity contribution is 0.315. The number of nitrogens with two attached hydrogens (primary N) is 1. The molecule has 0 aromatic carbocycles. The van der Waals surface area contributed by atoms with Gasteiger partial charge in [-0.15, -0.1) is 0 Å². The molecule has 5 rings (SSSR count). The maximum atomic E-state index is 6.14. The van der Waals surface area contributed by atoms with Gasteiger partial charge in [0.15, 0.2) is 17.0 Å².